The van der Waals surface area contributed by atoms with Gasteiger partial charge in [-0.1, -0.05) is 37.9 Å². The Bertz CT molecular complexity index is 595. The van der Waals surface area contributed by atoms with Crippen LogP contribution in [0.25, 0.3) is 0 Å². The largest absolute Gasteiger partial charge is 0.488 e. The SMILES string of the molecule is O=C1c2cc(Br)ccc2COc2ccc(Br)cc21. The Balaban J connectivity index is 2.22. The van der Waals surface area contributed by atoms with Crippen molar-refractivity contribution in [2.24, 2.45) is 0 Å². The summed E-state index contributed by atoms with van der Waals surface area (Å²) in [4.78, 5) is 12.5. The Hall–Kier alpha value is -1.13. The summed E-state index contributed by atoms with van der Waals surface area (Å²) >= 11 is 6.78. The van der Waals surface area contributed by atoms with Crippen LogP contribution in [0.3, 0.4) is 0 Å². The van der Waals surface area contributed by atoms with Gasteiger partial charge in [0.1, 0.15) is 12.4 Å². The minimum absolute atomic E-state index is 0.0000926. The first kappa shape index (κ1) is 11.9. The van der Waals surface area contributed by atoms with Gasteiger partial charge in [0.25, 0.3) is 0 Å². The highest BCUT2D eigenvalue weighted by Crippen LogP contribution is 2.31. The molecule has 0 unspecified atom stereocenters. The Morgan fingerprint density at radius 2 is 1.61 bits per heavy atom. The number of carbonyl (C=O) groups excluding carboxylic acids is 1. The fourth-order valence-corrected chi connectivity index (χ4v) is 2.71. The molecule has 90 valence electrons. The second-order valence-corrected chi connectivity index (χ2v) is 5.89. The fourth-order valence-electron chi connectivity index (χ4n) is 1.99. The molecule has 2 aromatic carbocycles. The molecule has 1 aliphatic rings. The van der Waals surface area contributed by atoms with Crippen molar-refractivity contribution in [1.29, 1.82) is 0 Å². The Labute approximate surface area is 121 Å². The van der Waals surface area contributed by atoms with Crippen molar-refractivity contribution in [2.75, 3.05) is 0 Å². The lowest BCUT2D eigenvalue weighted by molar-refractivity contribution is 0.103. The van der Waals surface area contributed by atoms with Crippen LogP contribution in [0.5, 0.6) is 5.75 Å². The number of fused-ring (bicyclic) bond motifs is 2. The fraction of sp³-hybridized carbons (Fsp3) is 0.0714. The van der Waals surface area contributed by atoms with Gasteiger partial charge in [0.2, 0.25) is 0 Å². The van der Waals surface area contributed by atoms with Gasteiger partial charge in [-0.2, -0.15) is 0 Å². The number of halogens is 2. The Kier molecular flexibility index (Phi) is 2.99. The summed E-state index contributed by atoms with van der Waals surface area (Å²) in [5.41, 5.74) is 2.21. The van der Waals surface area contributed by atoms with E-state index < -0.39 is 0 Å². The zero-order valence-electron chi connectivity index (χ0n) is 9.24. The van der Waals surface area contributed by atoms with Crippen LogP contribution in [0.1, 0.15) is 21.5 Å². The van der Waals surface area contributed by atoms with Crippen LogP contribution in [0.15, 0.2) is 45.3 Å². The molecule has 0 N–H and O–H groups in total. The summed E-state index contributed by atoms with van der Waals surface area (Å²) in [6.45, 7) is 0.420. The van der Waals surface area contributed by atoms with E-state index in [1.54, 1.807) is 6.07 Å². The highest BCUT2D eigenvalue weighted by molar-refractivity contribution is 9.10. The number of hydrogen-bond donors (Lipinski definition) is 0. The second kappa shape index (κ2) is 4.52. The monoisotopic (exact) mass is 366 g/mol. The van der Waals surface area contributed by atoms with E-state index in [4.69, 9.17) is 4.74 Å². The summed E-state index contributed by atoms with van der Waals surface area (Å²) in [6.07, 6.45) is 0. The summed E-state index contributed by atoms with van der Waals surface area (Å²) in [5, 5.41) is 0. The summed E-state index contributed by atoms with van der Waals surface area (Å²) in [6, 6.07) is 11.2. The lowest BCUT2D eigenvalue weighted by Gasteiger charge is -2.05. The van der Waals surface area contributed by atoms with Crippen LogP contribution in [0, 0.1) is 0 Å². The molecule has 2 aromatic rings. The van der Waals surface area contributed by atoms with Crippen molar-refractivity contribution < 1.29 is 9.53 Å². The van der Waals surface area contributed by atoms with Crippen LogP contribution < -0.4 is 4.74 Å². The molecule has 0 radical (unpaired) electrons. The molecule has 0 saturated carbocycles. The maximum atomic E-state index is 12.5. The van der Waals surface area contributed by atoms with E-state index >= 15 is 0 Å². The number of rotatable bonds is 0. The maximum absolute atomic E-state index is 12.5. The van der Waals surface area contributed by atoms with Crippen LogP contribution in [-0.4, -0.2) is 5.78 Å². The smallest absolute Gasteiger partial charge is 0.197 e. The van der Waals surface area contributed by atoms with Crippen molar-refractivity contribution in [3.8, 4) is 5.75 Å². The molecule has 3 rings (SSSR count). The molecule has 0 bridgehead atoms. The number of hydrogen-bond acceptors (Lipinski definition) is 2. The van der Waals surface area contributed by atoms with Crippen molar-refractivity contribution >= 4 is 37.6 Å². The van der Waals surface area contributed by atoms with Gasteiger partial charge in [0.05, 0.1) is 5.56 Å². The van der Waals surface area contributed by atoms with E-state index in [2.05, 4.69) is 31.9 Å². The molecular weight excluding hydrogens is 360 g/mol. The van der Waals surface area contributed by atoms with E-state index in [0.29, 0.717) is 23.5 Å². The third-order valence-electron chi connectivity index (χ3n) is 2.89. The quantitative estimate of drug-likeness (QED) is 0.692. The minimum atomic E-state index is 0.0000926. The van der Waals surface area contributed by atoms with E-state index in [-0.39, 0.29) is 5.78 Å². The van der Waals surface area contributed by atoms with Crippen LogP contribution in [-0.2, 0) is 6.61 Å². The highest BCUT2D eigenvalue weighted by Gasteiger charge is 2.22. The molecule has 0 spiro atoms. The van der Waals surface area contributed by atoms with Crippen molar-refractivity contribution in [2.45, 2.75) is 6.61 Å². The first-order chi connectivity index (χ1) is 8.65. The number of ether oxygens (including phenoxy) is 1. The maximum Gasteiger partial charge on any atom is 0.197 e. The van der Waals surface area contributed by atoms with Gasteiger partial charge < -0.3 is 4.74 Å². The van der Waals surface area contributed by atoms with E-state index in [0.717, 1.165) is 14.5 Å². The lowest BCUT2D eigenvalue weighted by Crippen LogP contribution is -2.02. The first-order valence-corrected chi connectivity index (χ1v) is 6.99. The van der Waals surface area contributed by atoms with Gasteiger partial charge in [-0.15, -0.1) is 0 Å². The molecule has 4 heteroatoms. The Morgan fingerprint density at radius 1 is 0.944 bits per heavy atom. The molecule has 1 aliphatic heterocycles. The van der Waals surface area contributed by atoms with Gasteiger partial charge >= 0.3 is 0 Å². The lowest BCUT2D eigenvalue weighted by atomic mass is 9.99. The average Bonchev–Trinajstić information content (AvgIpc) is 2.49. The molecule has 2 nitrogen and oxygen atoms in total. The van der Waals surface area contributed by atoms with E-state index in [1.807, 2.05) is 30.3 Å². The number of benzene rings is 2. The highest BCUT2D eigenvalue weighted by atomic mass is 79.9. The summed E-state index contributed by atoms with van der Waals surface area (Å²) in [7, 11) is 0. The molecule has 0 aromatic heterocycles. The average molecular weight is 368 g/mol. The third-order valence-corrected chi connectivity index (χ3v) is 3.87. The normalized spacial score (nSPS) is 13.3. The minimum Gasteiger partial charge on any atom is -0.488 e. The van der Waals surface area contributed by atoms with Gasteiger partial charge in [-0.3, -0.25) is 4.79 Å². The van der Waals surface area contributed by atoms with Gasteiger partial charge in [-0.25, -0.2) is 0 Å². The third kappa shape index (κ3) is 1.99. The molecule has 18 heavy (non-hydrogen) atoms. The first-order valence-electron chi connectivity index (χ1n) is 5.40. The van der Waals surface area contributed by atoms with Gasteiger partial charge in [0, 0.05) is 20.1 Å². The molecule has 0 aliphatic carbocycles. The molecule has 0 saturated heterocycles. The summed E-state index contributed by atoms with van der Waals surface area (Å²) in [5.74, 6) is 0.635. The van der Waals surface area contributed by atoms with Gasteiger partial charge in [-0.05, 0) is 30.3 Å². The predicted octanol–water partition coefficient (Wildman–Crippen LogP) is 4.34. The standard InChI is InChI=1S/C14H8Br2O2/c15-9-2-1-8-7-18-13-4-3-10(16)6-12(13)14(17)11(8)5-9/h1-6H,7H2. The zero-order chi connectivity index (χ0) is 12.7. The Morgan fingerprint density at radius 3 is 2.39 bits per heavy atom. The van der Waals surface area contributed by atoms with Crippen LogP contribution in [0.2, 0.25) is 0 Å². The second-order valence-electron chi connectivity index (χ2n) is 4.06. The van der Waals surface area contributed by atoms with Gasteiger partial charge in [0.15, 0.2) is 5.78 Å². The molecule has 0 amide bonds. The number of ketones is 1. The van der Waals surface area contributed by atoms with Crippen molar-refractivity contribution in [3.05, 3.63) is 62.0 Å². The van der Waals surface area contributed by atoms with E-state index in [9.17, 15) is 4.79 Å². The molecule has 0 fully saturated rings. The molecular formula is C14H8Br2O2. The summed E-state index contributed by atoms with van der Waals surface area (Å²) < 4.78 is 7.45. The van der Waals surface area contributed by atoms with E-state index in [1.165, 1.54) is 0 Å². The van der Waals surface area contributed by atoms with Crippen LogP contribution >= 0.6 is 31.9 Å². The van der Waals surface area contributed by atoms with Crippen molar-refractivity contribution in [1.82, 2.24) is 0 Å². The number of carbonyl (C=O) groups is 1. The topological polar surface area (TPSA) is 26.3 Å². The predicted molar refractivity (Wildman–Crippen MR) is 76.0 cm³/mol. The molecule has 1 heterocycles. The molecule has 0 atom stereocenters. The van der Waals surface area contributed by atoms with Crippen molar-refractivity contribution in [3.63, 3.8) is 0 Å². The van der Waals surface area contributed by atoms with Crippen LogP contribution in [0.4, 0.5) is 0 Å². The zero-order valence-corrected chi connectivity index (χ0v) is 12.4.